The zero-order valence-corrected chi connectivity index (χ0v) is 12.8. The van der Waals surface area contributed by atoms with Gasteiger partial charge in [-0.15, -0.1) is 0 Å². The Labute approximate surface area is 125 Å². The molecule has 1 aromatic rings. The highest BCUT2D eigenvalue weighted by atomic mass is 19.1. The molecule has 1 fully saturated rings. The number of likely N-dealkylation sites (N-methyl/N-ethyl adjacent to an activating group) is 1. The van der Waals surface area contributed by atoms with Crippen molar-refractivity contribution in [2.45, 2.75) is 13.3 Å². The highest BCUT2D eigenvalue weighted by molar-refractivity contribution is 5.79. The Morgan fingerprint density at radius 3 is 2.57 bits per heavy atom. The molecule has 21 heavy (non-hydrogen) atoms. The van der Waals surface area contributed by atoms with Crippen LogP contribution in [-0.4, -0.2) is 55.5 Å². The Balaban J connectivity index is 2.03. The third-order valence-electron chi connectivity index (χ3n) is 4.22. The summed E-state index contributed by atoms with van der Waals surface area (Å²) >= 11 is 0. The van der Waals surface area contributed by atoms with Crippen LogP contribution in [0.4, 0.5) is 4.39 Å². The zero-order chi connectivity index (χ0) is 15.4. The Kier molecular flexibility index (Phi) is 5.31. The van der Waals surface area contributed by atoms with Crippen molar-refractivity contribution in [3.8, 4) is 0 Å². The van der Waals surface area contributed by atoms with Gasteiger partial charge in [0.1, 0.15) is 5.82 Å². The fourth-order valence-corrected chi connectivity index (χ4v) is 2.71. The number of rotatable bonds is 4. The fraction of sp³-hybridized carbons (Fsp3) is 0.562. The minimum atomic E-state index is -0.244. The molecule has 1 aliphatic rings. The molecular weight excluding hydrogens is 269 g/mol. The van der Waals surface area contributed by atoms with E-state index < -0.39 is 0 Å². The van der Waals surface area contributed by atoms with Gasteiger partial charge in [-0.3, -0.25) is 4.79 Å². The van der Waals surface area contributed by atoms with Gasteiger partial charge in [-0.25, -0.2) is 4.39 Å². The molecule has 1 saturated heterocycles. The molecule has 2 rings (SSSR count). The van der Waals surface area contributed by atoms with Gasteiger partial charge in [0.05, 0.1) is 5.92 Å². The highest BCUT2D eigenvalue weighted by Crippen LogP contribution is 2.17. The normalized spacial score (nSPS) is 17.8. The van der Waals surface area contributed by atoms with E-state index in [1.807, 2.05) is 11.8 Å². The minimum Gasteiger partial charge on any atom is -0.340 e. The van der Waals surface area contributed by atoms with Gasteiger partial charge in [-0.2, -0.15) is 0 Å². The second-order valence-corrected chi connectivity index (χ2v) is 5.84. The predicted molar refractivity (Wildman–Crippen MR) is 81.5 cm³/mol. The van der Waals surface area contributed by atoms with E-state index in [-0.39, 0.29) is 17.6 Å². The summed E-state index contributed by atoms with van der Waals surface area (Å²) in [5.74, 6) is -0.349. The molecule has 0 radical (unpaired) electrons. The van der Waals surface area contributed by atoms with Crippen molar-refractivity contribution >= 4 is 5.91 Å². The van der Waals surface area contributed by atoms with Crippen LogP contribution in [0.15, 0.2) is 18.2 Å². The van der Waals surface area contributed by atoms with Crippen LogP contribution in [0.2, 0.25) is 0 Å². The number of hydrogen-bond donors (Lipinski definition) is 1. The number of carbonyl (C=O) groups excluding carboxylic acids is 1. The lowest BCUT2D eigenvalue weighted by Gasteiger charge is -2.34. The number of piperazine rings is 1. The van der Waals surface area contributed by atoms with Crippen molar-refractivity contribution in [3.63, 3.8) is 0 Å². The van der Waals surface area contributed by atoms with E-state index in [9.17, 15) is 9.18 Å². The Bertz CT molecular complexity index is 498. The maximum Gasteiger partial charge on any atom is 0.227 e. The maximum absolute atomic E-state index is 13.1. The summed E-state index contributed by atoms with van der Waals surface area (Å²) in [6.07, 6.45) is 0.577. The van der Waals surface area contributed by atoms with E-state index in [0.29, 0.717) is 13.0 Å². The molecule has 1 unspecified atom stereocenters. The molecule has 5 heteroatoms. The van der Waals surface area contributed by atoms with Crippen molar-refractivity contribution in [3.05, 3.63) is 35.1 Å². The van der Waals surface area contributed by atoms with E-state index in [4.69, 9.17) is 5.73 Å². The molecule has 0 aromatic heterocycles. The first-order valence-corrected chi connectivity index (χ1v) is 7.43. The summed E-state index contributed by atoms with van der Waals surface area (Å²) in [6, 6.07) is 4.70. The summed E-state index contributed by atoms with van der Waals surface area (Å²) in [6.45, 7) is 5.51. The third-order valence-corrected chi connectivity index (χ3v) is 4.22. The standard InChI is InChI=1S/C16H24FN3O/c1-12-9-15(17)4-3-13(12)10-14(11-18)16(21)20-7-5-19(2)6-8-20/h3-4,9,14H,5-8,10-11,18H2,1-2H3. The van der Waals surface area contributed by atoms with E-state index in [1.54, 1.807) is 6.07 Å². The van der Waals surface area contributed by atoms with Crippen molar-refractivity contribution in [2.75, 3.05) is 39.8 Å². The first-order chi connectivity index (χ1) is 10.0. The lowest BCUT2D eigenvalue weighted by molar-refractivity contribution is -0.136. The Morgan fingerprint density at radius 1 is 1.33 bits per heavy atom. The number of nitrogens with zero attached hydrogens (tertiary/aromatic N) is 2. The number of aryl methyl sites for hydroxylation is 1. The van der Waals surface area contributed by atoms with E-state index in [1.165, 1.54) is 12.1 Å². The molecule has 1 aromatic carbocycles. The van der Waals surface area contributed by atoms with Gasteiger partial charge in [-0.1, -0.05) is 6.07 Å². The van der Waals surface area contributed by atoms with Crippen molar-refractivity contribution in [1.82, 2.24) is 9.80 Å². The van der Waals surface area contributed by atoms with Gasteiger partial charge in [-0.05, 0) is 43.7 Å². The van der Waals surface area contributed by atoms with Crippen LogP contribution in [0, 0.1) is 18.7 Å². The lowest BCUT2D eigenvalue weighted by Crippen LogP contribution is -2.50. The van der Waals surface area contributed by atoms with Crippen molar-refractivity contribution < 1.29 is 9.18 Å². The van der Waals surface area contributed by atoms with Crippen LogP contribution in [0.3, 0.4) is 0 Å². The molecule has 0 bridgehead atoms. The summed E-state index contributed by atoms with van der Waals surface area (Å²) in [5, 5.41) is 0. The lowest BCUT2D eigenvalue weighted by atomic mass is 9.94. The van der Waals surface area contributed by atoms with Crippen molar-refractivity contribution in [1.29, 1.82) is 0 Å². The number of halogens is 1. The molecule has 116 valence electrons. The number of carbonyl (C=O) groups is 1. The summed E-state index contributed by atoms with van der Waals surface area (Å²) in [7, 11) is 2.06. The van der Waals surface area contributed by atoms with Gasteiger partial charge in [0.2, 0.25) is 5.91 Å². The molecule has 1 atom stereocenters. The van der Waals surface area contributed by atoms with Crippen LogP contribution < -0.4 is 5.73 Å². The first kappa shape index (κ1) is 15.9. The minimum absolute atomic E-state index is 0.120. The van der Waals surface area contributed by atoms with Gasteiger partial charge >= 0.3 is 0 Å². The fourth-order valence-electron chi connectivity index (χ4n) is 2.71. The summed E-state index contributed by atoms with van der Waals surface area (Å²) < 4.78 is 13.1. The van der Waals surface area contributed by atoms with Crippen molar-refractivity contribution in [2.24, 2.45) is 11.7 Å². The smallest absolute Gasteiger partial charge is 0.227 e. The van der Waals surface area contributed by atoms with Crippen LogP contribution in [-0.2, 0) is 11.2 Å². The number of nitrogens with two attached hydrogens (primary N) is 1. The van der Waals surface area contributed by atoms with Crippen LogP contribution in [0.5, 0.6) is 0 Å². The summed E-state index contributed by atoms with van der Waals surface area (Å²) in [5.41, 5.74) is 7.67. The second-order valence-electron chi connectivity index (χ2n) is 5.84. The monoisotopic (exact) mass is 293 g/mol. The molecule has 4 nitrogen and oxygen atoms in total. The quantitative estimate of drug-likeness (QED) is 0.902. The molecule has 2 N–H and O–H groups in total. The number of benzene rings is 1. The SMILES string of the molecule is Cc1cc(F)ccc1CC(CN)C(=O)N1CCN(C)CC1. The summed E-state index contributed by atoms with van der Waals surface area (Å²) in [4.78, 5) is 16.7. The molecule has 1 aliphatic heterocycles. The number of amides is 1. The Hall–Kier alpha value is -1.46. The average Bonchev–Trinajstić information content (AvgIpc) is 2.47. The second kappa shape index (κ2) is 7.00. The molecule has 1 heterocycles. The zero-order valence-electron chi connectivity index (χ0n) is 12.8. The maximum atomic E-state index is 13.1. The highest BCUT2D eigenvalue weighted by Gasteiger charge is 2.26. The molecule has 1 amide bonds. The first-order valence-electron chi connectivity index (χ1n) is 7.43. The molecular formula is C16H24FN3O. The largest absolute Gasteiger partial charge is 0.340 e. The van der Waals surface area contributed by atoms with Gasteiger partial charge < -0.3 is 15.5 Å². The van der Waals surface area contributed by atoms with E-state index in [0.717, 1.165) is 37.3 Å². The molecule has 0 spiro atoms. The van der Waals surface area contributed by atoms with Gasteiger partial charge in [0.25, 0.3) is 0 Å². The predicted octanol–water partition coefficient (Wildman–Crippen LogP) is 1.03. The molecule has 0 saturated carbocycles. The number of hydrogen-bond acceptors (Lipinski definition) is 3. The van der Waals surface area contributed by atoms with E-state index >= 15 is 0 Å². The third kappa shape index (κ3) is 4.02. The van der Waals surface area contributed by atoms with Gasteiger partial charge in [0, 0.05) is 32.7 Å². The average molecular weight is 293 g/mol. The van der Waals surface area contributed by atoms with Crippen LogP contribution >= 0.6 is 0 Å². The molecule has 0 aliphatic carbocycles. The van der Waals surface area contributed by atoms with Crippen LogP contribution in [0.1, 0.15) is 11.1 Å². The van der Waals surface area contributed by atoms with E-state index in [2.05, 4.69) is 11.9 Å². The van der Waals surface area contributed by atoms with Crippen LogP contribution in [0.25, 0.3) is 0 Å². The van der Waals surface area contributed by atoms with Gasteiger partial charge in [0.15, 0.2) is 0 Å². The Morgan fingerprint density at radius 2 is 2.00 bits per heavy atom. The topological polar surface area (TPSA) is 49.6 Å².